The first-order chi connectivity index (χ1) is 14.3. The highest BCUT2D eigenvalue weighted by Crippen LogP contribution is 2.66. The summed E-state index contributed by atoms with van der Waals surface area (Å²) >= 11 is 0. The van der Waals surface area contributed by atoms with Crippen LogP contribution < -0.4 is 0 Å². The number of aliphatic hydroxyl groups excluding tert-OH is 1. The predicted octanol–water partition coefficient (Wildman–Crippen LogP) is 2.20. The number of ether oxygens (including phenoxy) is 1. The average molecular weight is 501 g/mol. The van der Waals surface area contributed by atoms with Crippen LogP contribution in [0.2, 0.25) is 0 Å². The van der Waals surface area contributed by atoms with Gasteiger partial charge in [0.1, 0.15) is 12.3 Å². The van der Waals surface area contributed by atoms with Crippen LogP contribution in [0, 0.1) is 0 Å². The number of aryl methyl sites for hydroxylation is 1. The molecule has 31 heavy (non-hydrogen) atoms. The van der Waals surface area contributed by atoms with Gasteiger partial charge in [0.2, 0.25) is 0 Å². The first kappa shape index (κ1) is 24.7. The van der Waals surface area contributed by atoms with Crippen LogP contribution in [0.4, 0.5) is 0 Å². The molecule has 0 amide bonds. The van der Waals surface area contributed by atoms with Crippen molar-refractivity contribution in [2.45, 2.75) is 38.2 Å². The summed E-state index contributed by atoms with van der Waals surface area (Å²) < 4.78 is 53.1. The molecule has 0 bridgehead atoms. The van der Waals surface area contributed by atoms with Crippen molar-refractivity contribution in [2.24, 2.45) is 0 Å². The fraction of sp³-hybridized carbons (Fsp3) is 0.467. The van der Waals surface area contributed by atoms with Gasteiger partial charge in [0, 0.05) is 12.6 Å². The van der Waals surface area contributed by atoms with Crippen molar-refractivity contribution in [3.05, 3.63) is 36.0 Å². The first-order valence-electron chi connectivity index (χ1n) is 9.00. The van der Waals surface area contributed by atoms with Crippen LogP contribution >= 0.6 is 23.5 Å². The molecule has 3 rings (SSSR count). The number of benzene rings is 1. The summed E-state index contributed by atoms with van der Waals surface area (Å²) in [6, 6.07) is 7.81. The highest BCUT2D eigenvalue weighted by Gasteiger charge is 2.42. The van der Waals surface area contributed by atoms with Crippen molar-refractivity contribution >= 4 is 34.4 Å². The number of aliphatic hydroxyl groups is 1. The first-order valence-corrected chi connectivity index (χ1v) is 13.5. The summed E-state index contributed by atoms with van der Waals surface area (Å²) in [5.41, 5.74) is 2.02. The van der Waals surface area contributed by atoms with Crippen molar-refractivity contribution < 1.29 is 56.3 Å². The molecule has 0 radical (unpaired) electrons. The molecule has 174 valence electrons. The van der Waals surface area contributed by atoms with Gasteiger partial charge in [0.05, 0.1) is 18.2 Å². The molecule has 1 aliphatic heterocycles. The Morgan fingerprint density at radius 2 is 1.81 bits per heavy atom. The molecule has 13 nitrogen and oxygen atoms in total. The van der Waals surface area contributed by atoms with E-state index in [9.17, 15) is 23.7 Å². The second kappa shape index (κ2) is 9.15. The van der Waals surface area contributed by atoms with Crippen molar-refractivity contribution in [1.29, 1.82) is 0 Å². The molecule has 1 aromatic carbocycles. The summed E-state index contributed by atoms with van der Waals surface area (Å²) in [5.74, 6) is 0. The number of fused-ring (bicyclic) bond motifs is 1. The largest absolute Gasteiger partial charge is 0.490 e. The van der Waals surface area contributed by atoms with E-state index in [-0.39, 0.29) is 6.42 Å². The minimum absolute atomic E-state index is 0.143. The van der Waals surface area contributed by atoms with Gasteiger partial charge in [-0.05, 0) is 35.6 Å². The quantitative estimate of drug-likeness (QED) is 0.315. The number of nitrogens with zero attached hydrogens (tertiary/aromatic N) is 1. The van der Waals surface area contributed by atoms with Crippen molar-refractivity contribution in [3.63, 3.8) is 0 Å². The molecular formula is C15H22NO12P3. The Kier molecular flexibility index (Phi) is 7.30. The lowest BCUT2D eigenvalue weighted by Gasteiger charge is -2.19. The topological polar surface area (TPSA) is 194 Å². The molecule has 0 saturated carbocycles. The van der Waals surface area contributed by atoms with E-state index in [0.29, 0.717) is 0 Å². The standard InChI is InChI=1S/C15H22NO12P3/c1-2-10-3-4-12-11(7-10)5-6-16(12)15-8-13(17)14(26-15)9-25-30(21,22)28-31(23,24)27-29(18,19)20/h3-7,13-15,17H,2,8-9H2,1H3,(H,21,22)(H,23,24)(H2,18,19,20)/t13-,14+,15+/m0/s1. The van der Waals surface area contributed by atoms with E-state index >= 15 is 0 Å². The Hall–Kier alpha value is -0.910. The number of hydrogen-bond donors (Lipinski definition) is 5. The van der Waals surface area contributed by atoms with E-state index in [1.807, 2.05) is 31.2 Å². The maximum atomic E-state index is 11.8. The third kappa shape index (κ3) is 6.55. The Morgan fingerprint density at radius 3 is 2.45 bits per heavy atom. The predicted molar refractivity (Wildman–Crippen MR) is 106 cm³/mol. The molecule has 1 fully saturated rings. The van der Waals surface area contributed by atoms with Crippen molar-refractivity contribution in [1.82, 2.24) is 4.57 Å². The second-order valence-electron chi connectivity index (χ2n) is 6.79. The molecule has 2 aromatic rings. The molecule has 1 saturated heterocycles. The van der Waals surface area contributed by atoms with Gasteiger partial charge < -0.3 is 34.0 Å². The Morgan fingerprint density at radius 1 is 1.10 bits per heavy atom. The molecular weight excluding hydrogens is 479 g/mol. The van der Waals surface area contributed by atoms with E-state index < -0.39 is 48.5 Å². The smallest absolute Gasteiger partial charge is 0.390 e. The maximum Gasteiger partial charge on any atom is 0.490 e. The Labute approximate surface area is 176 Å². The van der Waals surface area contributed by atoms with E-state index in [1.54, 1.807) is 10.8 Å². The van der Waals surface area contributed by atoms with Gasteiger partial charge in [0.25, 0.3) is 0 Å². The number of aromatic nitrogens is 1. The molecule has 0 spiro atoms. The highest BCUT2D eigenvalue weighted by atomic mass is 31.3. The van der Waals surface area contributed by atoms with Crippen LogP contribution in [0.15, 0.2) is 30.5 Å². The van der Waals surface area contributed by atoms with Crippen LogP contribution in [0.5, 0.6) is 0 Å². The number of hydrogen-bond acceptors (Lipinski definition) is 8. The van der Waals surface area contributed by atoms with Gasteiger partial charge in [-0.25, -0.2) is 13.7 Å². The number of phosphoric acid groups is 3. The van der Waals surface area contributed by atoms with Crippen molar-refractivity contribution in [3.8, 4) is 0 Å². The number of rotatable bonds is 9. The molecule has 5 N–H and O–H groups in total. The summed E-state index contributed by atoms with van der Waals surface area (Å²) in [7, 11) is -16.4. The SMILES string of the molecule is CCc1ccc2c(ccn2[C@H]2C[C@H](O)[C@@H](COP(=O)(O)OP(=O)(O)OP(=O)(O)O)O2)c1. The monoisotopic (exact) mass is 501 g/mol. The summed E-state index contributed by atoms with van der Waals surface area (Å²) in [6.07, 6.45) is 0.0274. The normalized spacial score (nSPS) is 26.1. The maximum absolute atomic E-state index is 11.8. The lowest BCUT2D eigenvalue weighted by Crippen LogP contribution is -2.26. The van der Waals surface area contributed by atoms with Gasteiger partial charge >= 0.3 is 23.5 Å². The molecule has 1 aromatic heterocycles. The molecule has 5 atom stereocenters. The molecule has 2 heterocycles. The van der Waals surface area contributed by atoms with E-state index in [0.717, 1.165) is 22.9 Å². The van der Waals surface area contributed by atoms with Crippen LogP contribution in [0.25, 0.3) is 10.9 Å². The van der Waals surface area contributed by atoms with Gasteiger partial charge in [-0.2, -0.15) is 8.62 Å². The molecule has 2 unspecified atom stereocenters. The Balaban J connectivity index is 1.63. The second-order valence-corrected chi connectivity index (χ2v) is 11.2. The average Bonchev–Trinajstić information content (AvgIpc) is 3.19. The lowest BCUT2D eigenvalue weighted by atomic mass is 10.1. The van der Waals surface area contributed by atoms with Crippen LogP contribution in [-0.4, -0.2) is 48.1 Å². The summed E-state index contributed by atoms with van der Waals surface area (Å²) in [6.45, 7) is 1.33. The third-order valence-corrected chi connectivity index (χ3v) is 8.33. The van der Waals surface area contributed by atoms with Crippen molar-refractivity contribution in [2.75, 3.05) is 6.61 Å². The fourth-order valence-corrected chi connectivity index (χ4v) is 6.22. The van der Waals surface area contributed by atoms with Gasteiger partial charge in [-0.3, -0.25) is 4.52 Å². The highest BCUT2D eigenvalue weighted by molar-refractivity contribution is 7.66. The third-order valence-electron chi connectivity index (χ3n) is 4.53. The van der Waals surface area contributed by atoms with Crippen LogP contribution in [0.1, 0.15) is 25.1 Å². The zero-order chi connectivity index (χ0) is 23.0. The molecule has 1 aliphatic rings. The minimum Gasteiger partial charge on any atom is -0.390 e. The van der Waals surface area contributed by atoms with Crippen LogP contribution in [-0.2, 0) is 38.0 Å². The fourth-order valence-electron chi connectivity index (χ4n) is 3.19. The van der Waals surface area contributed by atoms with E-state index in [2.05, 4.69) is 13.1 Å². The van der Waals surface area contributed by atoms with Gasteiger partial charge in [0.15, 0.2) is 0 Å². The van der Waals surface area contributed by atoms with Gasteiger partial charge in [-0.1, -0.05) is 13.0 Å². The summed E-state index contributed by atoms with van der Waals surface area (Å²) in [4.78, 5) is 35.7. The molecule has 16 heteroatoms. The zero-order valence-corrected chi connectivity index (χ0v) is 18.8. The van der Waals surface area contributed by atoms with Crippen LogP contribution in [0.3, 0.4) is 0 Å². The minimum atomic E-state index is -5.61. The summed E-state index contributed by atoms with van der Waals surface area (Å²) in [5, 5.41) is 11.2. The molecule has 0 aliphatic carbocycles. The lowest BCUT2D eigenvalue weighted by molar-refractivity contribution is -0.0420. The van der Waals surface area contributed by atoms with Gasteiger partial charge in [-0.15, -0.1) is 0 Å². The van der Waals surface area contributed by atoms with E-state index in [1.165, 1.54) is 0 Å². The number of phosphoric ester groups is 1. The Bertz CT molecular complexity index is 1080. The zero-order valence-electron chi connectivity index (χ0n) is 16.1. The van der Waals surface area contributed by atoms with E-state index in [4.69, 9.17) is 19.4 Å².